The molecule has 3 rings (SSSR count). The van der Waals surface area contributed by atoms with E-state index in [0.29, 0.717) is 11.1 Å². The predicted molar refractivity (Wildman–Crippen MR) is 113 cm³/mol. The number of cyclic esters (lactones) is 1. The number of hydrogen-bond donors (Lipinski definition) is 0. The van der Waals surface area contributed by atoms with Gasteiger partial charge in [-0.15, -0.1) is 0 Å². The van der Waals surface area contributed by atoms with E-state index in [4.69, 9.17) is 18.4 Å². The van der Waals surface area contributed by atoms with Gasteiger partial charge < -0.3 is 18.4 Å². The van der Waals surface area contributed by atoms with E-state index in [1.165, 1.54) is 25.3 Å². The van der Waals surface area contributed by atoms with Crippen LogP contribution in [-0.4, -0.2) is 33.5 Å². The van der Waals surface area contributed by atoms with Crippen LogP contribution in [0.15, 0.2) is 24.3 Å². The first kappa shape index (κ1) is 22.6. The first-order chi connectivity index (χ1) is 14.5. The summed E-state index contributed by atoms with van der Waals surface area (Å²) in [5.74, 6) is -0.590. The number of aryl methyl sites for hydroxylation is 1. The molecule has 0 aromatic heterocycles. The zero-order chi connectivity index (χ0) is 22.9. The summed E-state index contributed by atoms with van der Waals surface area (Å²) in [5.41, 5.74) is 1.34. The van der Waals surface area contributed by atoms with Gasteiger partial charge in [-0.1, -0.05) is 13.8 Å². The van der Waals surface area contributed by atoms with Crippen LogP contribution in [0.3, 0.4) is 0 Å². The summed E-state index contributed by atoms with van der Waals surface area (Å²) in [4.78, 5) is 25.5. The third kappa shape index (κ3) is 4.99. The minimum Gasteiger partial charge on any atom is -0.495 e. The molecule has 0 atom stereocenters. The smallest absolute Gasteiger partial charge is 0.346 e. The fourth-order valence-corrected chi connectivity index (χ4v) is 3.79. The molecule has 0 aliphatic carbocycles. The van der Waals surface area contributed by atoms with Gasteiger partial charge in [-0.2, -0.15) is 8.42 Å². The number of Topliss-reactive ketones (excluding diaryl/α,β-unsaturated/α-hetero) is 1. The lowest BCUT2D eigenvalue weighted by molar-refractivity contribution is 0.0455. The van der Waals surface area contributed by atoms with Crippen LogP contribution in [0.4, 0.5) is 0 Å². The summed E-state index contributed by atoms with van der Waals surface area (Å²) in [6, 6.07) is 6.20. The SMILES string of the molecule is COc1c(C(=O)CC(C)C)ccc2c1C(=O)OCc1cc(C)cc(OS(C)(=O)=O)c1O2. The molecule has 1 heterocycles. The Bertz CT molecular complexity index is 1150. The average Bonchev–Trinajstić information content (AvgIpc) is 2.64. The molecule has 8 nitrogen and oxygen atoms in total. The lowest BCUT2D eigenvalue weighted by atomic mass is 9.97. The molecule has 31 heavy (non-hydrogen) atoms. The molecule has 0 saturated carbocycles. The molecular weight excluding hydrogens is 424 g/mol. The number of carbonyl (C=O) groups is 2. The second-order valence-corrected chi connectivity index (χ2v) is 9.33. The standard InChI is InChI=1S/C22H24O8S/c1-12(2)8-16(23)15-6-7-17-19(21(15)27-4)22(24)28-11-14-9-13(3)10-18(20(14)29-17)30-31(5,25)26/h6-7,9-10,12H,8,11H2,1-5H3. The van der Waals surface area contributed by atoms with Gasteiger partial charge >= 0.3 is 16.1 Å². The lowest BCUT2D eigenvalue weighted by Gasteiger charge is -2.22. The van der Waals surface area contributed by atoms with Crippen LogP contribution < -0.4 is 13.7 Å². The minimum absolute atomic E-state index is 0.0275. The number of esters is 1. The van der Waals surface area contributed by atoms with E-state index in [9.17, 15) is 18.0 Å². The highest BCUT2D eigenvalue weighted by atomic mass is 32.2. The fourth-order valence-electron chi connectivity index (χ4n) is 3.34. The van der Waals surface area contributed by atoms with Crippen LogP contribution in [0, 0.1) is 12.8 Å². The van der Waals surface area contributed by atoms with E-state index >= 15 is 0 Å². The second-order valence-electron chi connectivity index (χ2n) is 7.76. The molecule has 0 fully saturated rings. The highest BCUT2D eigenvalue weighted by Gasteiger charge is 2.30. The monoisotopic (exact) mass is 448 g/mol. The highest BCUT2D eigenvalue weighted by molar-refractivity contribution is 7.86. The maximum absolute atomic E-state index is 12.8. The van der Waals surface area contributed by atoms with E-state index < -0.39 is 16.1 Å². The van der Waals surface area contributed by atoms with Crippen molar-refractivity contribution < 1.29 is 36.4 Å². The van der Waals surface area contributed by atoms with Crippen molar-refractivity contribution in [2.75, 3.05) is 13.4 Å². The van der Waals surface area contributed by atoms with Crippen LogP contribution in [0.1, 0.15) is 52.1 Å². The van der Waals surface area contributed by atoms with Crippen molar-refractivity contribution in [3.8, 4) is 23.0 Å². The van der Waals surface area contributed by atoms with Gasteiger partial charge in [0, 0.05) is 12.0 Å². The highest BCUT2D eigenvalue weighted by Crippen LogP contribution is 2.43. The third-order valence-electron chi connectivity index (χ3n) is 4.51. The number of ketones is 1. The number of hydrogen-bond acceptors (Lipinski definition) is 8. The summed E-state index contributed by atoms with van der Waals surface area (Å²) < 4.78 is 45.4. The Morgan fingerprint density at radius 3 is 2.55 bits per heavy atom. The number of methoxy groups -OCH3 is 1. The van der Waals surface area contributed by atoms with Crippen LogP contribution in [-0.2, 0) is 21.5 Å². The van der Waals surface area contributed by atoms with Gasteiger partial charge in [0.15, 0.2) is 17.3 Å². The Hall–Kier alpha value is -3.07. The van der Waals surface area contributed by atoms with Gasteiger partial charge in [-0.05, 0) is 42.7 Å². The number of ether oxygens (including phenoxy) is 3. The van der Waals surface area contributed by atoms with Crippen LogP contribution in [0.25, 0.3) is 0 Å². The van der Waals surface area contributed by atoms with Gasteiger partial charge in [-0.25, -0.2) is 4.79 Å². The summed E-state index contributed by atoms with van der Waals surface area (Å²) in [6.45, 7) is 5.40. The second kappa shape index (κ2) is 8.58. The van der Waals surface area contributed by atoms with Gasteiger partial charge in [0.2, 0.25) is 0 Å². The van der Waals surface area contributed by atoms with Crippen LogP contribution in [0.2, 0.25) is 0 Å². The third-order valence-corrected chi connectivity index (χ3v) is 4.99. The molecule has 0 amide bonds. The number of fused-ring (bicyclic) bond motifs is 2. The molecule has 2 aromatic carbocycles. The quantitative estimate of drug-likeness (QED) is 0.370. The first-order valence-corrected chi connectivity index (χ1v) is 11.4. The van der Waals surface area contributed by atoms with Gasteiger partial charge in [-0.3, -0.25) is 4.79 Å². The molecule has 0 unspecified atom stereocenters. The Morgan fingerprint density at radius 1 is 1.23 bits per heavy atom. The number of benzene rings is 2. The van der Waals surface area contributed by atoms with Crippen molar-refractivity contribution in [2.45, 2.75) is 33.8 Å². The molecule has 0 N–H and O–H groups in total. The van der Waals surface area contributed by atoms with Crippen LogP contribution in [0.5, 0.6) is 23.0 Å². The van der Waals surface area contributed by atoms with Crippen LogP contribution >= 0.6 is 0 Å². The zero-order valence-corrected chi connectivity index (χ0v) is 18.8. The van der Waals surface area contributed by atoms with Gasteiger partial charge in [0.25, 0.3) is 0 Å². The maximum Gasteiger partial charge on any atom is 0.346 e. The maximum atomic E-state index is 12.8. The van der Waals surface area contributed by atoms with Crippen molar-refractivity contribution in [1.82, 2.24) is 0 Å². The first-order valence-electron chi connectivity index (χ1n) is 9.62. The molecule has 1 aliphatic rings. The normalized spacial score (nSPS) is 13.3. The van der Waals surface area contributed by atoms with Crippen molar-refractivity contribution >= 4 is 21.9 Å². The molecule has 1 aliphatic heterocycles. The topological polar surface area (TPSA) is 105 Å². The van der Waals surface area contributed by atoms with Gasteiger partial charge in [0.05, 0.1) is 18.9 Å². The van der Waals surface area contributed by atoms with E-state index in [0.717, 1.165) is 6.26 Å². The van der Waals surface area contributed by atoms with Crippen molar-refractivity contribution in [1.29, 1.82) is 0 Å². The number of carbonyl (C=O) groups excluding carboxylic acids is 2. The average molecular weight is 448 g/mol. The molecule has 2 aromatic rings. The van der Waals surface area contributed by atoms with Crippen molar-refractivity contribution in [2.24, 2.45) is 5.92 Å². The molecular formula is C22H24O8S. The van der Waals surface area contributed by atoms with Crippen molar-refractivity contribution in [3.63, 3.8) is 0 Å². The molecule has 0 spiro atoms. The van der Waals surface area contributed by atoms with Gasteiger partial charge in [0.1, 0.15) is 23.7 Å². The summed E-state index contributed by atoms with van der Waals surface area (Å²) in [5, 5.41) is 0. The molecule has 0 bridgehead atoms. The Labute approximate surface area is 181 Å². The number of rotatable bonds is 6. The Kier molecular flexibility index (Phi) is 6.26. The lowest BCUT2D eigenvalue weighted by Crippen LogP contribution is -2.16. The summed E-state index contributed by atoms with van der Waals surface area (Å²) in [7, 11) is -2.49. The van der Waals surface area contributed by atoms with E-state index in [2.05, 4.69) is 0 Å². The Morgan fingerprint density at radius 2 is 1.94 bits per heavy atom. The van der Waals surface area contributed by atoms with Crippen molar-refractivity contribution in [3.05, 3.63) is 46.5 Å². The molecule has 9 heteroatoms. The fraction of sp³-hybridized carbons (Fsp3) is 0.364. The largest absolute Gasteiger partial charge is 0.495 e. The van der Waals surface area contributed by atoms with E-state index in [1.54, 1.807) is 13.0 Å². The molecule has 0 radical (unpaired) electrons. The summed E-state index contributed by atoms with van der Waals surface area (Å²) >= 11 is 0. The minimum atomic E-state index is -3.84. The summed E-state index contributed by atoms with van der Waals surface area (Å²) in [6.07, 6.45) is 1.20. The molecule has 166 valence electrons. The zero-order valence-electron chi connectivity index (χ0n) is 18.0. The van der Waals surface area contributed by atoms with E-state index in [-0.39, 0.29) is 58.9 Å². The predicted octanol–water partition coefficient (Wildman–Crippen LogP) is 4.03. The van der Waals surface area contributed by atoms with E-state index in [1.807, 2.05) is 13.8 Å². The Balaban J connectivity index is 2.18. The molecule has 0 saturated heterocycles.